The van der Waals surface area contributed by atoms with Gasteiger partial charge in [0.15, 0.2) is 0 Å². The van der Waals surface area contributed by atoms with Crippen LogP contribution in [0.4, 0.5) is 0 Å². The lowest BCUT2D eigenvalue weighted by Gasteiger charge is -2.14. The molecule has 0 saturated carbocycles. The van der Waals surface area contributed by atoms with Crippen LogP contribution in [0, 0.1) is 5.92 Å². The van der Waals surface area contributed by atoms with Crippen LogP contribution in [0.25, 0.3) is 0 Å². The largest absolute Gasteiger partial charge is 0.469 e. The summed E-state index contributed by atoms with van der Waals surface area (Å²) in [4.78, 5) is 11.5. The first-order valence-electron chi connectivity index (χ1n) is 4.92. The van der Waals surface area contributed by atoms with Crippen molar-refractivity contribution in [3.8, 4) is 0 Å². The molecule has 5 heteroatoms. The minimum Gasteiger partial charge on any atom is -0.469 e. The summed E-state index contributed by atoms with van der Waals surface area (Å²) in [6.45, 7) is 0.389. The Morgan fingerprint density at radius 1 is 1.44 bits per heavy atom. The maximum Gasteiger partial charge on any atom is 0.313 e. The Morgan fingerprint density at radius 2 is 2.12 bits per heavy atom. The van der Waals surface area contributed by atoms with Gasteiger partial charge in [-0.2, -0.15) is 10.2 Å². The maximum atomic E-state index is 11.5. The molecule has 0 amide bonds. The van der Waals surface area contributed by atoms with Gasteiger partial charge in [-0.05, 0) is 17.7 Å². The quantitative estimate of drug-likeness (QED) is 0.744. The van der Waals surface area contributed by atoms with E-state index in [0.29, 0.717) is 11.6 Å². The summed E-state index contributed by atoms with van der Waals surface area (Å²) in [5.41, 5.74) is 0.932. The average molecular weight is 239 g/mol. The third-order valence-corrected chi connectivity index (χ3v) is 2.83. The molecule has 2 unspecified atom stereocenters. The zero-order chi connectivity index (χ0) is 11.5. The van der Waals surface area contributed by atoms with Gasteiger partial charge in [0.25, 0.3) is 0 Å². The predicted octanol–water partition coefficient (Wildman–Crippen LogP) is 2.64. The van der Waals surface area contributed by atoms with Gasteiger partial charge < -0.3 is 4.74 Å². The first-order chi connectivity index (χ1) is 7.72. The van der Waals surface area contributed by atoms with Gasteiger partial charge in [-0.25, -0.2) is 0 Å². The number of halogens is 1. The topological polar surface area (TPSA) is 51.0 Å². The Hall–Kier alpha value is -1.42. The highest BCUT2D eigenvalue weighted by Crippen LogP contribution is 2.33. The highest BCUT2D eigenvalue weighted by molar-refractivity contribution is 6.30. The average Bonchev–Trinajstić information content (AvgIpc) is 2.78. The fourth-order valence-corrected chi connectivity index (χ4v) is 1.84. The molecule has 1 aliphatic heterocycles. The highest BCUT2D eigenvalue weighted by atomic mass is 35.5. The first kappa shape index (κ1) is 11.1. The van der Waals surface area contributed by atoms with Crippen LogP contribution in [0.1, 0.15) is 11.6 Å². The van der Waals surface area contributed by atoms with Crippen molar-refractivity contribution >= 4 is 17.6 Å². The van der Waals surface area contributed by atoms with E-state index >= 15 is 0 Å². The van der Waals surface area contributed by atoms with Crippen molar-refractivity contribution in [3.05, 3.63) is 34.9 Å². The van der Waals surface area contributed by atoms with E-state index in [4.69, 9.17) is 16.3 Å². The third-order valence-electron chi connectivity index (χ3n) is 2.58. The second kappa shape index (κ2) is 4.61. The van der Waals surface area contributed by atoms with Crippen LogP contribution in [0.5, 0.6) is 0 Å². The number of carbonyl (C=O) groups excluding carboxylic acids is 1. The second-order valence-corrected chi connectivity index (χ2v) is 4.00. The molecule has 16 heavy (non-hydrogen) atoms. The van der Waals surface area contributed by atoms with Crippen molar-refractivity contribution in [2.75, 3.05) is 13.7 Å². The van der Waals surface area contributed by atoms with Gasteiger partial charge in [-0.1, -0.05) is 23.7 Å². The minimum absolute atomic E-state index is 0.246. The Balaban J connectivity index is 2.22. The summed E-state index contributed by atoms with van der Waals surface area (Å²) in [5.74, 6) is -0.587. The number of benzene rings is 1. The molecule has 1 aromatic rings. The molecule has 1 aromatic carbocycles. The van der Waals surface area contributed by atoms with E-state index in [1.54, 1.807) is 12.1 Å². The second-order valence-electron chi connectivity index (χ2n) is 3.57. The van der Waals surface area contributed by atoms with Crippen LogP contribution in [0.15, 0.2) is 34.5 Å². The number of esters is 1. The van der Waals surface area contributed by atoms with Crippen LogP contribution < -0.4 is 0 Å². The molecule has 84 valence electrons. The van der Waals surface area contributed by atoms with Crippen LogP contribution in [-0.2, 0) is 9.53 Å². The van der Waals surface area contributed by atoms with Gasteiger partial charge in [-0.3, -0.25) is 4.79 Å². The zero-order valence-corrected chi connectivity index (χ0v) is 9.52. The molecular weight excluding hydrogens is 228 g/mol. The summed E-state index contributed by atoms with van der Waals surface area (Å²) in [6, 6.07) is 7.02. The van der Waals surface area contributed by atoms with Crippen molar-refractivity contribution in [2.24, 2.45) is 16.1 Å². The Bertz CT molecular complexity index is 416. The summed E-state index contributed by atoms with van der Waals surface area (Å²) >= 11 is 5.80. The molecule has 0 radical (unpaired) electrons. The van der Waals surface area contributed by atoms with Crippen molar-refractivity contribution in [1.29, 1.82) is 0 Å². The maximum absolute atomic E-state index is 11.5. The number of rotatable bonds is 2. The van der Waals surface area contributed by atoms with Crippen molar-refractivity contribution in [3.63, 3.8) is 0 Å². The van der Waals surface area contributed by atoms with Crippen molar-refractivity contribution in [2.45, 2.75) is 6.04 Å². The molecule has 0 spiro atoms. The number of methoxy groups -OCH3 is 1. The van der Waals surface area contributed by atoms with E-state index < -0.39 is 0 Å². The summed E-state index contributed by atoms with van der Waals surface area (Å²) in [6.07, 6.45) is 0. The standard InChI is InChI=1S/C11H11ClN2O2/c1-16-11(15)9-6-13-14-10(9)7-2-4-8(12)5-3-7/h2-5,9-10H,6H2,1H3. The van der Waals surface area contributed by atoms with Crippen molar-refractivity contribution in [1.82, 2.24) is 0 Å². The van der Waals surface area contributed by atoms with E-state index in [1.807, 2.05) is 12.1 Å². The fourth-order valence-electron chi connectivity index (χ4n) is 1.72. The summed E-state index contributed by atoms with van der Waals surface area (Å²) in [7, 11) is 1.37. The van der Waals surface area contributed by atoms with E-state index in [1.165, 1.54) is 7.11 Å². The van der Waals surface area contributed by atoms with Gasteiger partial charge in [0.2, 0.25) is 0 Å². The Labute approximate surface area is 98.3 Å². The molecule has 2 atom stereocenters. The highest BCUT2D eigenvalue weighted by Gasteiger charge is 2.34. The van der Waals surface area contributed by atoms with Crippen LogP contribution in [0.3, 0.4) is 0 Å². The first-order valence-corrected chi connectivity index (χ1v) is 5.30. The normalized spacial score (nSPS) is 23.4. The lowest BCUT2D eigenvalue weighted by atomic mass is 9.95. The van der Waals surface area contributed by atoms with E-state index in [-0.39, 0.29) is 17.9 Å². The lowest BCUT2D eigenvalue weighted by Crippen LogP contribution is -2.21. The minimum atomic E-state index is -0.314. The molecule has 1 heterocycles. The Morgan fingerprint density at radius 3 is 2.75 bits per heavy atom. The SMILES string of the molecule is COC(=O)C1CN=NC1c1ccc(Cl)cc1. The predicted molar refractivity (Wildman–Crippen MR) is 59.4 cm³/mol. The van der Waals surface area contributed by atoms with Crippen LogP contribution in [0.2, 0.25) is 5.02 Å². The smallest absolute Gasteiger partial charge is 0.313 e. The molecule has 0 saturated heterocycles. The van der Waals surface area contributed by atoms with Gasteiger partial charge in [-0.15, -0.1) is 0 Å². The van der Waals surface area contributed by atoms with E-state index in [0.717, 1.165) is 5.56 Å². The molecule has 4 nitrogen and oxygen atoms in total. The molecule has 0 fully saturated rings. The van der Waals surface area contributed by atoms with E-state index in [2.05, 4.69) is 10.2 Å². The van der Waals surface area contributed by atoms with Crippen molar-refractivity contribution < 1.29 is 9.53 Å². The number of hydrogen-bond acceptors (Lipinski definition) is 4. The van der Waals surface area contributed by atoms with Gasteiger partial charge in [0.1, 0.15) is 12.0 Å². The monoisotopic (exact) mass is 238 g/mol. The number of hydrogen-bond donors (Lipinski definition) is 0. The fraction of sp³-hybridized carbons (Fsp3) is 0.364. The molecule has 0 bridgehead atoms. The van der Waals surface area contributed by atoms with Gasteiger partial charge in [0.05, 0.1) is 13.7 Å². The summed E-state index contributed by atoms with van der Waals surface area (Å²) < 4.78 is 4.72. The number of ether oxygens (including phenoxy) is 1. The molecule has 2 rings (SSSR count). The summed E-state index contributed by atoms with van der Waals surface area (Å²) in [5, 5.41) is 8.63. The number of nitrogens with zero attached hydrogens (tertiary/aromatic N) is 2. The van der Waals surface area contributed by atoms with Gasteiger partial charge in [0, 0.05) is 5.02 Å². The van der Waals surface area contributed by atoms with Crippen LogP contribution in [-0.4, -0.2) is 19.6 Å². The van der Waals surface area contributed by atoms with Gasteiger partial charge >= 0.3 is 5.97 Å². The number of azo groups is 1. The number of carbonyl (C=O) groups is 1. The Kier molecular flexibility index (Phi) is 3.19. The molecule has 0 aromatic heterocycles. The third kappa shape index (κ3) is 2.07. The zero-order valence-electron chi connectivity index (χ0n) is 8.76. The van der Waals surface area contributed by atoms with E-state index in [9.17, 15) is 4.79 Å². The molecule has 0 aliphatic carbocycles. The molecule has 0 N–H and O–H groups in total. The molecular formula is C11H11ClN2O2. The van der Waals surface area contributed by atoms with Crippen LogP contribution >= 0.6 is 11.6 Å². The lowest BCUT2D eigenvalue weighted by molar-refractivity contribution is -0.145. The molecule has 1 aliphatic rings.